The molecule has 1 atom stereocenters. The van der Waals surface area contributed by atoms with Crippen molar-refractivity contribution >= 4 is 73.0 Å². The van der Waals surface area contributed by atoms with Gasteiger partial charge in [0.1, 0.15) is 0 Å². The predicted octanol–water partition coefficient (Wildman–Crippen LogP) is 5.20. The molecule has 3 aromatic rings. The third kappa shape index (κ3) is 2.75. The lowest BCUT2D eigenvalue weighted by atomic mass is 10.2. The fraction of sp³-hybridized carbons (Fsp3) is 0.167. The van der Waals surface area contributed by atoms with Crippen LogP contribution in [0.4, 0.5) is 10.8 Å². The first-order chi connectivity index (χ1) is 13.1. The maximum Gasteiger partial charge on any atom is 0.263 e. The number of anilines is 2. The van der Waals surface area contributed by atoms with Crippen LogP contribution in [-0.4, -0.2) is 21.7 Å². The van der Waals surface area contributed by atoms with Gasteiger partial charge in [-0.2, -0.15) is 0 Å². The van der Waals surface area contributed by atoms with Crippen LogP contribution in [-0.2, 0) is 9.59 Å². The van der Waals surface area contributed by atoms with Gasteiger partial charge < -0.3 is 0 Å². The summed E-state index contributed by atoms with van der Waals surface area (Å²) in [4.78, 5) is 33.0. The molecular weight excluding hydrogens is 466 g/mol. The first-order valence-electron chi connectivity index (χ1n) is 8.21. The number of aromatic nitrogens is 1. The molecule has 0 radical (unpaired) electrons. The summed E-state index contributed by atoms with van der Waals surface area (Å²) >= 11 is 7.90. The van der Waals surface area contributed by atoms with Gasteiger partial charge in [-0.25, -0.2) is 4.98 Å². The van der Waals surface area contributed by atoms with E-state index in [-0.39, 0.29) is 11.8 Å². The number of hydrogen-bond acceptors (Lipinski definition) is 6. The minimum Gasteiger partial charge on any atom is -0.299 e. The number of amides is 2. The zero-order chi connectivity index (χ0) is 18.6. The van der Waals surface area contributed by atoms with Gasteiger partial charge in [-0.15, -0.1) is 22.7 Å². The zero-order valence-electron chi connectivity index (χ0n) is 13.8. The summed E-state index contributed by atoms with van der Waals surface area (Å²) in [5.41, 5.74) is 1.66. The largest absolute Gasteiger partial charge is 0.299 e. The van der Waals surface area contributed by atoms with Gasteiger partial charge in [0.15, 0.2) is 10.0 Å². The average molecular weight is 478 g/mol. The Morgan fingerprint density at radius 1 is 1.26 bits per heavy atom. The molecule has 4 heterocycles. The van der Waals surface area contributed by atoms with E-state index in [0.717, 1.165) is 24.9 Å². The van der Waals surface area contributed by atoms with E-state index >= 15 is 0 Å². The van der Waals surface area contributed by atoms with E-state index < -0.39 is 4.87 Å². The van der Waals surface area contributed by atoms with E-state index in [0.29, 0.717) is 18.0 Å². The maximum atomic E-state index is 13.2. The Labute approximate surface area is 175 Å². The van der Waals surface area contributed by atoms with Crippen molar-refractivity contribution in [3.8, 4) is 10.6 Å². The maximum absolute atomic E-state index is 13.2. The Bertz CT molecular complexity index is 1080. The number of hydrogen-bond donors (Lipinski definition) is 1. The number of nitrogens with one attached hydrogen (secondary N) is 1. The molecular formula is C18H12BrN3O2S3. The number of fused-ring (bicyclic) bond motifs is 3. The quantitative estimate of drug-likeness (QED) is 0.562. The van der Waals surface area contributed by atoms with E-state index in [1.807, 2.05) is 41.8 Å². The lowest BCUT2D eigenvalue weighted by Gasteiger charge is -2.29. The van der Waals surface area contributed by atoms with Crippen LogP contribution in [0.1, 0.15) is 12.8 Å². The molecule has 5 rings (SSSR count). The molecule has 2 aromatic heterocycles. The Kier molecular flexibility index (Phi) is 4.15. The lowest BCUT2D eigenvalue weighted by Crippen LogP contribution is -2.49. The molecule has 2 aliphatic rings. The summed E-state index contributed by atoms with van der Waals surface area (Å²) in [7, 11) is 0. The first kappa shape index (κ1) is 17.4. The molecule has 1 N–H and O–H groups in total. The molecule has 27 heavy (non-hydrogen) atoms. The van der Waals surface area contributed by atoms with Crippen LogP contribution in [0, 0.1) is 0 Å². The Hall–Kier alpha value is -1.68. The molecule has 136 valence electrons. The first-order valence-corrected chi connectivity index (χ1v) is 11.5. The number of rotatable bonds is 3. The number of thiophene rings is 1. The van der Waals surface area contributed by atoms with Crippen molar-refractivity contribution in [1.29, 1.82) is 0 Å². The number of nitrogens with zero attached hydrogens (tertiary/aromatic N) is 2. The van der Waals surface area contributed by atoms with Crippen molar-refractivity contribution in [3.05, 3.63) is 45.6 Å². The monoisotopic (exact) mass is 477 g/mol. The standard InChI is InChI=1S/C18H12BrN3O2S3/c19-14-6-5-12(26-14)10-9-25-17(20-10)21-16(24)18-8-7-15(23)22(18)11-3-1-2-4-13(11)27-18/h1-6,9H,7-8H2,(H,20,21,24). The molecule has 0 saturated carbocycles. The summed E-state index contributed by atoms with van der Waals surface area (Å²) in [6, 6.07) is 11.6. The number of carbonyl (C=O) groups excluding carboxylic acids is 2. The molecule has 0 bridgehead atoms. The fourth-order valence-corrected chi connectivity index (χ4v) is 6.93. The van der Waals surface area contributed by atoms with E-state index in [1.54, 1.807) is 16.2 Å². The Balaban J connectivity index is 1.43. The molecule has 2 amide bonds. The normalized spacial score (nSPS) is 20.6. The zero-order valence-corrected chi connectivity index (χ0v) is 17.8. The molecule has 1 fully saturated rings. The SMILES string of the molecule is O=C1CCC2(C(=O)Nc3nc(-c4ccc(Br)s4)cs3)Sc3ccccc3N12. The number of thiazole rings is 1. The Morgan fingerprint density at radius 2 is 2.11 bits per heavy atom. The lowest BCUT2D eigenvalue weighted by molar-refractivity contribution is -0.121. The summed E-state index contributed by atoms with van der Waals surface area (Å²) in [6.07, 6.45) is 0.869. The van der Waals surface area contributed by atoms with Gasteiger partial charge in [0, 0.05) is 16.7 Å². The molecule has 9 heteroatoms. The highest BCUT2D eigenvalue weighted by Gasteiger charge is 2.57. The van der Waals surface area contributed by atoms with E-state index in [9.17, 15) is 9.59 Å². The minimum absolute atomic E-state index is 0.00846. The third-order valence-electron chi connectivity index (χ3n) is 4.58. The third-order valence-corrected chi connectivity index (χ3v) is 8.46. The van der Waals surface area contributed by atoms with Crippen molar-refractivity contribution in [2.24, 2.45) is 0 Å². The van der Waals surface area contributed by atoms with Gasteiger partial charge in [-0.3, -0.25) is 19.8 Å². The van der Waals surface area contributed by atoms with Gasteiger partial charge in [-0.05, 0) is 46.6 Å². The molecule has 1 unspecified atom stereocenters. The van der Waals surface area contributed by atoms with Crippen molar-refractivity contribution in [1.82, 2.24) is 4.98 Å². The van der Waals surface area contributed by atoms with Gasteiger partial charge >= 0.3 is 0 Å². The number of halogens is 1. The van der Waals surface area contributed by atoms with E-state index in [1.165, 1.54) is 23.1 Å². The van der Waals surface area contributed by atoms with E-state index in [4.69, 9.17) is 0 Å². The summed E-state index contributed by atoms with van der Waals surface area (Å²) in [6.45, 7) is 0. The summed E-state index contributed by atoms with van der Waals surface area (Å²) in [5.74, 6) is -0.200. The van der Waals surface area contributed by atoms with Gasteiger partial charge in [0.05, 0.1) is 20.0 Å². The summed E-state index contributed by atoms with van der Waals surface area (Å²) in [5, 5.41) is 5.42. The fourth-order valence-electron chi connectivity index (χ4n) is 3.39. The van der Waals surface area contributed by atoms with Crippen LogP contribution in [0.2, 0.25) is 0 Å². The van der Waals surface area contributed by atoms with Crippen LogP contribution in [0.25, 0.3) is 10.6 Å². The van der Waals surface area contributed by atoms with Crippen LogP contribution in [0.15, 0.2) is 50.5 Å². The van der Waals surface area contributed by atoms with Crippen molar-refractivity contribution in [2.75, 3.05) is 10.2 Å². The smallest absolute Gasteiger partial charge is 0.263 e. The molecule has 5 nitrogen and oxygen atoms in total. The van der Waals surface area contributed by atoms with Gasteiger partial charge in [0.25, 0.3) is 5.91 Å². The van der Waals surface area contributed by atoms with Crippen LogP contribution in [0.3, 0.4) is 0 Å². The number of benzene rings is 1. The second-order valence-electron chi connectivity index (χ2n) is 6.18. The highest BCUT2D eigenvalue weighted by atomic mass is 79.9. The van der Waals surface area contributed by atoms with Crippen molar-refractivity contribution < 1.29 is 9.59 Å². The van der Waals surface area contributed by atoms with Gasteiger partial charge in [0.2, 0.25) is 5.91 Å². The van der Waals surface area contributed by atoms with E-state index in [2.05, 4.69) is 26.2 Å². The van der Waals surface area contributed by atoms with Crippen LogP contribution in [0.5, 0.6) is 0 Å². The minimum atomic E-state index is -0.918. The molecule has 2 aliphatic heterocycles. The van der Waals surface area contributed by atoms with Crippen molar-refractivity contribution in [2.45, 2.75) is 22.6 Å². The summed E-state index contributed by atoms with van der Waals surface area (Å²) < 4.78 is 1.04. The number of carbonyl (C=O) groups is 2. The molecule has 1 saturated heterocycles. The second kappa shape index (κ2) is 6.44. The van der Waals surface area contributed by atoms with Crippen LogP contribution < -0.4 is 10.2 Å². The Morgan fingerprint density at radius 3 is 2.93 bits per heavy atom. The number of para-hydroxylation sites is 1. The highest BCUT2D eigenvalue weighted by Crippen LogP contribution is 2.56. The molecule has 0 aliphatic carbocycles. The van der Waals surface area contributed by atoms with Crippen LogP contribution >= 0.6 is 50.4 Å². The average Bonchev–Trinajstić information content (AvgIpc) is 3.40. The predicted molar refractivity (Wildman–Crippen MR) is 114 cm³/mol. The second-order valence-corrected chi connectivity index (χ2v) is 10.8. The molecule has 1 aromatic carbocycles. The topological polar surface area (TPSA) is 62.3 Å². The highest BCUT2D eigenvalue weighted by molar-refractivity contribution is 9.11. The number of thioether (sulfide) groups is 1. The van der Waals surface area contributed by atoms with Crippen molar-refractivity contribution in [3.63, 3.8) is 0 Å². The molecule has 0 spiro atoms. The van der Waals surface area contributed by atoms with Gasteiger partial charge in [-0.1, -0.05) is 23.9 Å².